The van der Waals surface area contributed by atoms with Crippen LogP contribution in [0.1, 0.15) is 30.6 Å². The molecule has 3 rings (SSSR count). The zero-order chi connectivity index (χ0) is 17.8. The van der Waals surface area contributed by atoms with Gasteiger partial charge in [0.05, 0.1) is 6.54 Å². The minimum atomic E-state index is -0.459. The van der Waals surface area contributed by atoms with Crippen molar-refractivity contribution >= 4 is 29.9 Å². The molecule has 1 aliphatic rings. The second-order valence-corrected chi connectivity index (χ2v) is 6.02. The lowest BCUT2D eigenvalue weighted by Gasteiger charge is -2.25. The zero-order valence-electron chi connectivity index (χ0n) is 14.8. The first kappa shape index (κ1) is 20.5. The Morgan fingerprint density at radius 1 is 1.38 bits per heavy atom. The fraction of sp³-hybridized carbons (Fsp3) is 0.471. The molecule has 1 aromatic carbocycles. The zero-order valence-corrected chi connectivity index (χ0v) is 17.1. The van der Waals surface area contributed by atoms with Gasteiger partial charge in [0, 0.05) is 38.0 Å². The predicted molar refractivity (Wildman–Crippen MR) is 107 cm³/mol. The van der Waals surface area contributed by atoms with Crippen molar-refractivity contribution in [3.8, 4) is 0 Å². The van der Waals surface area contributed by atoms with Crippen LogP contribution in [0.5, 0.6) is 0 Å². The average molecular weight is 476 g/mol. The van der Waals surface area contributed by atoms with Crippen molar-refractivity contribution in [3.05, 3.63) is 47.0 Å². The van der Waals surface area contributed by atoms with Gasteiger partial charge in [0.2, 0.25) is 0 Å². The van der Waals surface area contributed by atoms with E-state index >= 15 is 0 Å². The number of rotatable bonds is 4. The van der Waals surface area contributed by atoms with Crippen LogP contribution in [0, 0.1) is 11.6 Å². The monoisotopic (exact) mass is 476 g/mol. The van der Waals surface area contributed by atoms with Crippen molar-refractivity contribution < 1.29 is 8.78 Å². The van der Waals surface area contributed by atoms with E-state index in [0.717, 1.165) is 43.0 Å². The van der Waals surface area contributed by atoms with E-state index in [-0.39, 0.29) is 42.1 Å². The maximum atomic E-state index is 13.7. The molecule has 0 saturated carbocycles. The summed E-state index contributed by atoms with van der Waals surface area (Å²) in [5.74, 6) is 1.52. The molecule has 0 fully saturated rings. The molecule has 0 saturated heterocycles. The summed E-state index contributed by atoms with van der Waals surface area (Å²) in [6.45, 7) is 2.90. The largest absolute Gasteiger partial charge is 0.352 e. The van der Waals surface area contributed by atoms with Crippen LogP contribution in [0.25, 0.3) is 0 Å². The van der Waals surface area contributed by atoms with Crippen LogP contribution in [0.3, 0.4) is 0 Å². The third-order valence-corrected chi connectivity index (χ3v) is 4.24. The third-order valence-electron chi connectivity index (χ3n) is 4.24. The van der Waals surface area contributed by atoms with Gasteiger partial charge in [-0.25, -0.2) is 18.4 Å². The molecule has 1 atom stereocenters. The molecular formula is C17H23F2IN6. The molecule has 26 heavy (non-hydrogen) atoms. The number of aryl methyl sites for hydroxylation is 2. The van der Waals surface area contributed by atoms with Crippen LogP contribution in [0.15, 0.2) is 23.2 Å². The molecule has 2 heterocycles. The van der Waals surface area contributed by atoms with Crippen LogP contribution >= 0.6 is 24.0 Å². The van der Waals surface area contributed by atoms with E-state index in [1.165, 1.54) is 6.07 Å². The number of benzene rings is 1. The maximum absolute atomic E-state index is 13.7. The van der Waals surface area contributed by atoms with Crippen LogP contribution in [-0.4, -0.2) is 33.8 Å². The Hall–Kier alpha value is -1.78. The Morgan fingerprint density at radius 3 is 2.92 bits per heavy atom. The van der Waals surface area contributed by atoms with Crippen LogP contribution in [-0.2, 0) is 25.9 Å². The Labute approximate surface area is 168 Å². The van der Waals surface area contributed by atoms with Gasteiger partial charge in [-0.05, 0) is 24.6 Å². The highest BCUT2D eigenvalue weighted by atomic mass is 127. The summed E-state index contributed by atoms with van der Waals surface area (Å²) in [6.07, 6.45) is 2.58. The van der Waals surface area contributed by atoms with Gasteiger partial charge in [0.15, 0.2) is 11.8 Å². The number of nitrogens with one attached hydrogen (secondary N) is 2. The quantitative estimate of drug-likeness (QED) is 0.404. The molecule has 1 unspecified atom stereocenters. The van der Waals surface area contributed by atoms with E-state index in [4.69, 9.17) is 0 Å². The maximum Gasteiger partial charge on any atom is 0.191 e. The van der Waals surface area contributed by atoms with Gasteiger partial charge in [0.25, 0.3) is 0 Å². The SMILES string of the molecule is CCc1nc2n(n1)CC(NC(=NC)NCc1cc(F)ccc1F)CC2.I. The van der Waals surface area contributed by atoms with Crippen LogP contribution < -0.4 is 10.6 Å². The second kappa shape index (κ2) is 9.24. The fourth-order valence-corrected chi connectivity index (χ4v) is 2.87. The van der Waals surface area contributed by atoms with Gasteiger partial charge in [-0.1, -0.05) is 6.92 Å². The van der Waals surface area contributed by atoms with Crippen molar-refractivity contribution in [2.24, 2.45) is 4.99 Å². The van der Waals surface area contributed by atoms with E-state index in [9.17, 15) is 8.78 Å². The molecule has 142 valence electrons. The Balaban J connectivity index is 0.00000243. The van der Waals surface area contributed by atoms with Gasteiger partial charge in [0.1, 0.15) is 17.5 Å². The van der Waals surface area contributed by atoms with Gasteiger partial charge < -0.3 is 10.6 Å². The summed E-state index contributed by atoms with van der Waals surface area (Å²) in [6, 6.07) is 3.57. The van der Waals surface area contributed by atoms with E-state index < -0.39 is 11.6 Å². The smallest absolute Gasteiger partial charge is 0.191 e. The van der Waals surface area contributed by atoms with Crippen molar-refractivity contribution in [2.75, 3.05) is 7.05 Å². The number of guanidine groups is 1. The number of nitrogens with zero attached hydrogens (tertiary/aromatic N) is 4. The van der Waals surface area contributed by atoms with Gasteiger partial charge >= 0.3 is 0 Å². The molecule has 0 bridgehead atoms. The van der Waals surface area contributed by atoms with Gasteiger partial charge in [-0.2, -0.15) is 5.10 Å². The minimum absolute atomic E-state index is 0. The molecule has 2 aromatic rings. The molecule has 0 spiro atoms. The minimum Gasteiger partial charge on any atom is -0.352 e. The highest BCUT2D eigenvalue weighted by Gasteiger charge is 2.22. The van der Waals surface area contributed by atoms with Crippen LogP contribution in [0.2, 0.25) is 0 Å². The van der Waals surface area contributed by atoms with Crippen LogP contribution in [0.4, 0.5) is 8.78 Å². The third kappa shape index (κ3) is 4.89. The molecular weight excluding hydrogens is 453 g/mol. The molecule has 1 aliphatic heterocycles. The average Bonchev–Trinajstić information content (AvgIpc) is 3.03. The Kier molecular flexibility index (Phi) is 7.30. The lowest BCUT2D eigenvalue weighted by Crippen LogP contribution is -2.46. The molecule has 6 nitrogen and oxygen atoms in total. The van der Waals surface area contributed by atoms with Crippen molar-refractivity contribution in [1.29, 1.82) is 0 Å². The number of halogens is 3. The first-order valence-electron chi connectivity index (χ1n) is 8.42. The first-order chi connectivity index (χ1) is 12.1. The first-order valence-corrected chi connectivity index (χ1v) is 8.42. The summed E-state index contributed by atoms with van der Waals surface area (Å²) in [5, 5.41) is 10.8. The summed E-state index contributed by atoms with van der Waals surface area (Å²) in [5.41, 5.74) is 0.262. The molecule has 0 radical (unpaired) electrons. The fourth-order valence-electron chi connectivity index (χ4n) is 2.87. The van der Waals surface area contributed by atoms with E-state index in [1.54, 1.807) is 7.05 Å². The Bertz CT molecular complexity index is 777. The standard InChI is InChI=1S/C17H22F2N6.HI/c1-3-15-23-16-7-5-13(10-25(16)24-15)22-17(20-2)21-9-11-8-12(18)4-6-14(11)19;/h4,6,8,13H,3,5,7,9-10H2,1-2H3,(H2,20,21,22);1H. The molecule has 1 aromatic heterocycles. The van der Waals surface area contributed by atoms with E-state index in [2.05, 4.69) is 25.7 Å². The number of hydrogen-bond acceptors (Lipinski definition) is 3. The lowest BCUT2D eigenvalue weighted by molar-refractivity contribution is 0.392. The predicted octanol–water partition coefficient (Wildman–Crippen LogP) is 2.42. The summed E-state index contributed by atoms with van der Waals surface area (Å²) in [4.78, 5) is 8.66. The molecule has 0 amide bonds. The molecule has 9 heteroatoms. The molecule has 0 aliphatic carbocycles. The van der Waals surface area contributed by atoms with Crippen molar-refractivity contribution in [2.45, 2.75) is 45.3 Å². The Morgan fingerprint density at radius 2 is 2.19 bits per heavy atom. The summed E-state index contributed by atoms with van der Waals surface area (Å²) >= 11 is 0. The summed E-state index contributed by atoms with van der Waals surface area (Å²) < 4.78 is 28.9. The van der Waals surface area contributed by atoms with Crippen molar-refractivity contribution in [3.63, 3.8) is 0 Å². The van der Waals surface area contributed by atoms with Gasteiger partial charge in [-0.15, -0.1) is 24.0 Å². The highest BCUT2D eigenvalue weighted by Crippen LogP contribution is 2.13. The van der Waals surface area contributed by atoms with Gasteiger partial charge in [-0.3, -0.25) is 4.99 Å². The molecule has 2 N–H and O–H groups in total. The number of hydrogen-bond donors (Lipinski definition) is 2. The number of aliphatic imine (C=N–C) groups is 1. The summed E-state index contributed by atoms with van der Waals surface area (Å²) in [7, 11) is 1.65. The van der Waals surface area contributed by atoms with E-state index in [0.29, 0.717) is 12.5 Å². The van der Waals surface area contributed by atoms with E-state index in [1.807, 2.05) is 11.6 Å². The number of fused-ring (bicyclic) bond motifs is 1. The van der Waals surface area contributed by atoms with Crippen molar-refractivity contribution in [1.82, 2.24) is 25.4 Å². The second-order valence-electron chi connectivity index (χ2n) is 6.02. The normalized spacial score (nSPS) is 16.6. The highest BCUT2D eigenvalue weighted by molar-refractivity contribution is 14.0. The lowest BCUT2D eigenvalue weighted by atomic mass is 10.1. The number of aromatic nitrogens is 3. The topological polar surface area (TPSA) is 67.1 Å².